The molecule has 1 N–H and O–H groups in total. The van der Waals surface area contributed by atoms with E-state index in [1.165, 1.54) is 25.0 Å². The second kappa shape index (κ2) is 7.13. The van der Waals surface area contributed by atoms with Gasteiger partial charge in [0.2, 0.25) is 0 Å². The van der Waals surface area contributed by atoms with Gasteiger partial charge in [-0.25, -0.2) is 13.9 Å². The zero-order chi connectivity index (χ0) is 20.8. The van der Waals surface area contributed by atoms with Gasteiger partial charge in [-0.1, -0.05) is 12.1 Å². The molecule has 2 aliphatic heterocycles. The van der Waals surface area contributed by atoms with Crippen LogP contribution in [0, 0.1) is 11.2 Å². The van der Waals surface area contributed by atoms with Crippen LogP contribution in [0.1, 0.15) is 12.8 Å². The maximum Gasteiger partial charge on any atom is 0.155 e. The first-order valence-electron chi connectivity index (χ1n) is 10.7. The predicted molar refractivity (Wildman–Crippen MR) is 118 cm³/mol. The zero-order valence-corrected chi connectivity index (χ0v) is 17.1. The Balaban J connectivity index is 1.49. The first kappa shape index (κ1) is 18.4. The zero-order valence-electron chi connectivity index (χ0n) is 17.1. The number of nitrogens with zero attached hydrogens (tertiary/aromatic N) is 5. The third-order valence-corrected chi connectivity index (χ3v) is 6.61. The molecule has 2 aliphatic rings. The summed E-state index contributed by atoms with van der Waals surface area (Å²) in [4.78, 5) is 11.4. The molecule has 0 saturated carbocycles. The molecular formula is C24H23FN6. The van der Waals surface area contributed by atoms with E-state index in [0.29, 0.717) is 11.1 Å². The third kappa shape index (κ3) is 3.16. The van der Waals surface area contributed by atoms with Crippen molar-refractivity contribution < 1.29 is 4.39 Å². The van der Waals surface area contributed by atoms with Gasteiger partial charge in [0.25, 0.3) is 0 Å². The highest BCUT2D eigenvalue weighted by Crippen LogP contribution is 2.38. The van der Waals surface area contributed by atoms with Gasteiger partial charge in [0.05, 0.1) is 5.69 Å². The first-order chi connectivity index (χ1) is 15.2. The Hall–Kier alpha value is -3.32. The van der Waals surface area contributed by atoms with Crippen molar-refractivity contribution in [3.05, 3.63) is 66.7 Å². The van der Waals surface area contributed by atoms with E-state index in [0.717, 1.165) is 54.5 Å². The molecule has 1 aromatic carbocycles. The van der Waals surface area contributed by atoms with Crippen molar-refractivity contribution in [2.24, 2.45) is 5.41 Å². The van der Waals surface area contributed by atoms with Gasteiger partial charge < -0.3 is 10.2 Å². The SMILES string of the molecule is Fc1cccc(-c2nc3ccc(N4CCC5(CCNC5)C4)nn3c2-c2ccncc2)c1. The molecule has 31 heavy (non-hydrogen) atoms. The molecule has 5 heterocycles. The number of fused-ring (bicyclic) bond motifs is 1. The molecule has 4 aromatic rings. The lowest BCUT2D eigenvalue weighted by molar-refractivity contribution is 0.369. The highest BCUT2D eigenvalue weighted by atomic mass is 19.1. The molecule has 0 radical (unpaired) electrons. The Kier molecular flexibility index (Phi) is 4.24. The Bertz CT molecular complexity index is 1250. The molecule has 1 atom stereocenters. The summed E-state index contributed by atoms with van der Waals surface area (Å²) in [6.45, 7) is 4.22. The number of benzene rings is 1. The van der Waals surface area contributed by atoms with Crippen LogP contribution in [0.4, 0.5) is 10.2 Å². The lowest BCUT2D eigenvalue weighted by Crippen LogP contribution is -2.29. The summed E-state index contributed by atoms with van der Waals surface area (Å²) in [6.07, 6.45) is 5.93. The third-order valence-electron chi connectivity index (χ3n) is 6.61. The van der Waals surface area contributed by atoms with E-state index in [1.54, 1.807) is 18.5 Å². The van der Waals surface area contributed by atoms with Crippen LogP contribution in [-0.4, -0.2) is 45.8 Å². The number of anilines is 1. The molecular weight excluding hydrogens is 391 g/mol. The fraction of sp³-hybridized carbons (Fsp3) is 0.292. The van der Waals surface area contributed by atoms with Crippen LogP contribution < -0.4 is 10.2 Å². The van der Waals surface area contributed by atoms with Crippen LogP contribution >= 0.6 is 0 Å². The van der Waals surface area contributed by atoms with Gasteiger partial charge in [-0.15, -0.1) is 5.10 Å². The number of imidazole rings is 1. The molecule has 1 unspecified atom stereocenters. The minimum absolute atomic E-state index is 0.281. The standard InChI is InChI=1S/C24H23FN6/c25-19-3-1-2-18(14-19)22-23(17-6-10-26-11-7-17)31-20(28-22)4-5-21(29-31)30-13-9-24(16-30)8-12-27-15-24/h1-7,10-11,14,27H,8-9,12-13,15-16H2. The molecule has 7 heteroatoms. The molecule has 156 valence electrons. The number of hydrogen-bond acceptors (Lipinski definition) is 5. The number of hydrogen-bond donors (Lipinski definition) is 1. The van der Waals surface area contributed by atoms with Gasteiger partial charge in [-0.05, 0) is 55.8 Å². The van der Waals surface area contributed by atoms with Crippen molar-refractivity contribution in [3.8, 4) is 22.5 Å². The van der Waals surface area contributed by atoms with Crippen LogP contribution in [-0.2, 0) is 0 Å². The van der Waals surface area contributed by atoms with Gasteiger partial charge >= 0.3 is 0 Å². The highest BCUT2D eigenvalue weighted by molar-refractivity contribution is 5.81. The van der Waals surface area contributed by atoms with Gasteiger partial charge in [0.15, 0.2) is 5.65 Å². The van der Waals surface area contributed by atoms with Gasteiger partial charge in [-0.3, -0.25) is 4.98 Å². The van der Waals surface area contributed by atoms with E-state index >= 15 is 0 Å². The van der Waals surface area contributed by atoms with E-state index in [-0.39, 0.29) is 5.82 Å². The number of aromatic nitrogens is 4. The predicted octanol–water partition coefficient (Wildman–Crippen LogP) is 3.79. The molecule has 0 aliphatic carbocycles. The van der Waals surface area contributed by atoms with Crippen LogP contribution in [0.5, 0.6) is 0 Å². The molecule has 6 nitrogen and oxygen atoms in total. The Labute approximate surface area is 179 Å². The van der Waals surface area contributed by atoms with E-state index in [2.05, 4.69) is 21.3 Å². The Morgan fingerprint density at radius 1 is 1.00 bits per heavy atom. The maximum absolute atomic E-state index is 14.0. The summed E-state index contributed by atoms with van der Waals surface area (Å²) in [5.41, 5.74) is 4.35. The number of nitrogens with one attached hydrogen (secondary N) is 1. The topological polar surface area (TPSA) is 58.4 Å². The van der Waals surface area contributed by atoms with E-state index in [9.17, 15) is 4.39 Å². The minimum atomic E-state index is -0.281. The average Bonchev–Trinajstić information content (AvgIpc) is 3.53. The largest absolute Gasteiger partial charge is 0.355 e. The van der Waals surface area contributed by atoms with Gasteiger partial charge in [0.1, 0.15) is 17.3 Å². The van der Waals surface area contributed by atoms with Crippen molar-refractivity contribution in [3.63, 3.8) is 0 Å². The van der Waals surface area contributed by atoms with Gasteiger partial charge in [0, 0.05) is 48.6 Å². The van der Waals surface area contributed by atoms with Crippen LogP contribution in [0.2, 0.25) is 0 Å². The van der Waals surface area contributed by atoms with Crippen molar-refractivity contribution in [2.75, 3.05) is 31.1 Å². The number of rotatable bonds is 3. The summed E-state index contributed by atoms with van der Waals surface area (Å²) in [6, 6.07) is 14.5. The average molecular weight is 414 g/mol. The van der Waals surface area contributed by atoms with Crippen molar-refractivity contribution >= 4 is 11.5 Å². The van der Waals surface area contributed by atoms with Gasteiger partial charge in [-0.2, -0.15) is 0 Å². The first-order valence-corrected chi connectivity index (χ1v) is 10.7. The molecule has 0 amide bonds. The molecule has 2 fully saturated rings. The normalized spacial score (nSPS) is 20.9. The molecule has 2 saturated heterocycles. The second-order valence-electron chi connectivity index (χ2n) is 8.62. The van der Waals surface area contributed by atoms with Crippen molar-refractivity contribution in [2.45, 2.75) is 12.8 Å². The number of pyridine rings is 1. The molecule has 1 spiro atoms. The summed E-state index contributed by atoms with van der Waals surface area (Å²) in [5, 5.41) is 8.52. The van der Waals surface area contributed by atoms with E-state index in [4.69, 9.17) is 10.1 Å². The monoisotopic (exact) mass is 414 g/mol. The molecule has 3 aromatic heterocycles. The molecule has 0 bridgehead atoms. The number of halogens is 1. The fourth-order valence-corrected chi connectivity index (χ4v) is 4.97. The summed E-state index contributed by atoms with van der Waals surface area (Å²) >= 11 is 0. The summed E-state index contributed by atoms with van der Waals surface area (Å²) in [5.74, 6) is 0.672. The van der Waals surface area contributed by atoms with Crippen LogP contribution in [0.3, 0.4) is 0 Å². The molecule has 6 rings (SSSR count). The lowest BCUT2D eigenvalue weighted by atomic mass is 9.87. The fourth-order valence-electron chi connectivity index (χ4n) is 4.97. The van der Waals surface area contributed by atoms with Crippen LogP contribution in [0.25, 0.3) is 28.2 Å². The van der Waals surface area contributed by atoms with E-state index < -0.39 is 0 Å². The quantitative estimate of drug-likeness (QED) is 0.553. The lowest BCUT2D eigenvalue weighted by Gasteiger charge is -2.23. The van der Waals surface area contributed by atoms with Crippen molar-refractivity contribution in [1.29, 1.82) is 0 Å². The highest BCUT2D eigenvalue weighted by Gasteiger charge is 2.40. The van der Waals surface area contributed by atoms with E-state index in [1.807, 2.05) is 28.8 Å². The Morgan fingerprint density at radius 2 is 1.90 bits per heavy atom. The van der Waals surface area contributed by atoms with Crippen LogP contribution in [0.15, 0.2) is 60.9 Å². The minimum Gasteiger partial charge on any atom is -0.355 e. The van der Waals surface area contributed by atoms with Crippen molar-refractivity contribution in [1.82, 2.24) is 24.9 Å². The summed E-state index contributed by atoms with van der Waals surface area (Å²) in [7, 11) is 0. The smallest absolute Gasteiger partial charge is 0.155 e. The second-order valence-corrected chi connectivity index (χ2v) is 8.62. The Morgan fingerprint density at radius 3 is 2.71 bits per heavy atom. The maximum atomic E-state index is 14.0. The summed E-state index contributed by atoms with van der Waals surface area (Å²) < 4.78 is 15.9.